The first-order valence-electron chi connectivity index (χ1n) is 6.69. The van der Waals surface area contributed by atoms with Gasteiger partial charge in [0.15, 0.2) is 0 Å². The van der Waals surface area contributed by atoms with E-state index < -0.39 is 0 Å². The molecule has 3 unspecified atom stereocenters. The molecule has 0 saturated carbocycles. The van der Waals surface area contributed by atoms with Crippen molar-refractivity contribution in [1.82, 2.24) is 0 Å². The third-order valence-corrected chi connectivity index (χ3v) is 3.88. The van der Waals surface area contributed by atoms with Crippen molar-refractivity contribution in [1.29, 1.82) is 0 Å². The van der Waals surface area contributed by atoms with Gasteiger partial charge in [-0.25, -0.2) is 0 Å². The maximum Gasteiger partial charge on any atom is -0.0206 e. The van der Waals surface area contributed by atoms with Crippen LogP contribution in [-0.4, -0.2) is 0 Å². The maximum atomic E-state index is 4.10. The highest BCUT2D eigenvalue weighted by molar-refractivity contribution is 4.97. The molecular weight excluding hydrogens is 192 g/mol. The minimum absolute atomic E-state index is 0.657. The fraction of sp³-hybridized carbons (Fsp3) is 0.750. The van der Waals surface area contributed by atoms with Crippen LogP contribution < -0.4 is 0 Å². The molecule has 0 fully saturated rings. The molecule has 0 bridgehead atoms. The van der Waals surface area contributed by atoms with Gasteiger partial charge in [0.05, 0.1) is 0 Å². The average molecular weight is 222 g/mol. The summed E-state index contributed by atoms with van der Waals surface area (Å²) in [6.45, 7) is 19.4. The SMILES string of the molecule is C=C(C)CCCC(C)C(CC)C(C)C(=C)C. The molecule has 0 aliphatic carbocycles. The molecule has 0 rings (SSSR count). The highest BCUT2D eigenvalue weighted by atomic mass is 14.3. The van der Waals surface area contributed by atoms with Crippen LogP contribution >= 0.6 is 0 Å². The van der Waals surface area contributed by atoms with E-state index in [0.717, 1.165) is 11.8 Å². The molecule has 0 heterocycles. The van der Waals surface area contributed by atoms with Crippen molar-refractivity contribution in [3.63, 3.8) is 0 Å². The molecule has 0 radical (unpaired) electrons. The summed E-state index contributed by atoms with van der Waals surface area (Å²) in [4.78, 5) is 0. The fourth-order valence-corrected chi connectivity index (χ4v) is 2.55. The lowest BCUT2D eigenvalue weighted by atomic mass is 9.76. The summed E-state index contributed by atoms with van der Waals surface area (Å²) >= 11 is 0. The molecule has 0 aromatic heterocycles. The van der Waals surface area contributed by atoms with Gasteiger partial charge in [0, 0.05) is 0 Å². The molecule has 0 saturated heterocycles. The van der Waals surface area contributed by atoms with E-state index in [1.807, 2.05) is 0 Å². The van der Waals surface area contributed by atoms with Crippen LogP contribution in [0.5, 0.6) is 0 Å². The van der Waals surface area contributed by atoms with Crippen molar-refractivity contribution >= 4 is 0 Å². The monoisotopic (exact) mass is 222 g/mol. The predicted molar refractivity (Wildman–Crippen MR) is 75.6 cm³/mol. The lowest BCUT2D eigenvalue weighted by Gasteiger charge is -2.29. The van der Waals surface area contributed by atoms with Gasteiger partial charge in [0.25, 0.3) is 0 Å². The second-order valence-corrected chi connectivity index (χ2v) is 5.53. The molecule has 0 heteroatoms. The van der Waals surface area contributed by atoms with E-state index in [-0.39, 0.29) is 0 Å². The zero-order valence-electron chi connectivity index (χ0n) is 12.0. The molecule has 0 aliphatic heterocycles. The lowest BCUT2D eigenvalue weighted by Crippen LogP contribution is -2.19. The summed E-state index contributed by atoms with van der Waals surface area (Å²) in [5.74, 6) is 2.25. The Hall–Kier alpha value is -0.520. The minimum Gasteiger partial charge on any atom is -0.100 e. The van der Waals surface area contributed by atoms with Crippen molar-refractivity contribution in [2.24, 2.45) is 17.8 Å². The highest BCUT2D eigenvalue weighted by Gasteiger charge is 2.21. The Morgan fingerprint density at radius 2 is 1.69 bits per heavy atom. The van der Waals surface area contributed by atoms with Gasteiger partial charge in [-0.2, -0.15) is 0 Å². The van der Waals surface area contributed by atoms with Crippen LogP contribution in [-0.2, 0) is 0 Å². The fourth-order valence-electron chi connectivity index (χ4n) is 2.55. The minimum atomic E-state index is 0.657. The first-order valence-corrected chi connectivity index (χ1v) is 6.69. The average Bonchev–Trinajstić information content (AvgIpc) is 2.17. The van der Waals surface area contributed by atoms with Crippen LogP contribution in [0.3, 0.4) is 0 Å². The van der Waals surface area contributed by atoms with Gasteiger partial charge in [-0.1, -0.05) is 51.3 Å². The third-order valence-electron chi connectivity index (χ3n) is 3.88. The molecule has 0 aliphatic rings. The molecular formula is C16H30. The predicted octanol–water partition coefficient (Wildman–Crippen LogP) is 5.61. The van der Waals surface area contributed by atoms with Gasteiger partial charge >= 0.3 is 0 Å². The van der Waals surface area contributed by atoms with E-state index >= 15 is 0 Å². The Kier molecular flexibility index (Phi) is 7.45. The van der Waals surface area contributed by atoms with Gasteiger partial charge in [0.1, 0.15) is 0 Å². The molecule has 0 spiro atoms. The molecule has 94 valence electrons. The summed E-state index contributed by atoms with van der Waals surface area (Å²) < 4.78 is 0. The largest absolute Gasteiger partial charge is 0.100 e. The van der Waals surface area contributed by atoms with Gasteiger partial charge in [-0.05, 0) is 44.4 Å². The molecule has 0 aromatic carbocycles. The van der Waals surface area contributed by atoms with E-state index in [9.17, 15) is 0 Å². The van der Waals surface area contributed by atoms with E-state index in [1.165, 1.54) is 36.8 Å². The standard InChI is InChI=1S/C16H30/c1-8-16(15(7)13(4)5)14(6)11-9-10-12(2)3/h14-16H,2,4,8-11H2,1,3,5-7H3. The smallest absolute Gasteiger partial charge is 0.0206 e. The number of hydrogen-bond acceptors (Lipinski definition) is 0. The van der Waals surface area contributed by atoms with Crippen LogP contribution in [0.15, 0.2) is 24.3 Å². The normalized spacial score (nSPS) is 16.6. The Labute approximate surface area is 103 Å². The topological polar surface area (TPSA) is 0 Å². The number of hydrogen-bond donors (Lipinski definition) is 0. The zero-order chi connectivity index (χ0) is 12.7. The van der Waals surface area contributed by atoms with Gasteiger partial charge in [0.2, 0.25) is 0 Å². The Morgan fingerprint density at radius 3 is 2.06 bits per heavy atom. The lowest BCUT2D eigenvalue weighted by molar-refractivity contribution is 0.257. The molecule has 0 aromatic rings. The second kappa shape index (κ2) is 7.70. The molecule has 0 N–H and O–H groups in total. The van der Waals surface area contributed by atoms with Crippen molar-refractivity contribution in [3.8, 4) is 0 Å². The number of rotatable bonds is 8. The Morgan fingerprint density at radius 1 is 1.12 bits per heavy atom. The number of allylic oxidation sites excluding steroid dienone is 2. The Bertz CT molecular complexity index is 224. The quantitative estimate of drug-likeness (QED) is 0.468. The Balaban J connectivity index is 4.15. The van der Waals surface area contributed by atoms with Crippen LogP contribution in [0.2, 0.25) is 0 Å². The third kappa shape index (κ3) is 5.53. The van der Waals surface area contributed by atoms with E-state index in [2.05, 4.69) is 47.8 Å². The maximum absolute atomic E-state index is 4.10. The summed E-state index contributed by atoms with van der Waals surface area (Å²) in [6.07, 6.45) is 5.06. The van der Waals surface area contributed by atoms with Crippen molar-refractivity contribution < 1.29 is 0 Å². The summed E-state index contributed by atoms with van der Waals surface area (Å²) in [6, 6.07) is 0. The molecule has 0 amide bonds. The summed E-state index contributed by atoms with van der Waals surface area (Å²) in [5, 5.41) is 0. The van der Waals surface area contributed by atoms with Crippen molar-refractivity contribution in [2.45, 2.75) is 60.3 Å². The molecule has 3 atom stereocenters. The van der Waals surface area contributed by atoms with Crippen molar-refractivity contribution in [2.75, 3.05) is 0 Å². The van der Waals surface area contributed by atoms with Gasteiger partial charge in [-0.15, -0.1) is 6.58 Å². The first-order chi connectivity index (χ1) is 7.40. The summed E-state index contributed by atoms with van der Waals surface area (Å²) in [7, 11) is 0. The van der Waals surface area contributed by atoms with Crippen LogP contribution in [0.25, 0.3) is 0 Å². The van der Waals surface area contributed by atoms with Crippen LogP contribution in [0.1, 0.15) is 60.3 Å². The van der Waals surface area contributed by atoms with Gasteiger partial charge in [-0.3, -0.25) is 0 Å². The van der Waals surface area contributed by atoms with Crippen molar-refractivity contribution in [3.05, 3.63) is 24.3 Å². The van der Waals surface area contributed by atoms with Crippen LogP contribution in [0, 0.1) is 17.8 Å². The zero-order valence-corrected chi connectivity index (χ0v) is 12.0. The molecule has 16 heavy (non-hydrogen) atoms. The van der Waals surface area contributed by atoms with Gasteiger partial charge < -0.3 is 0 Å². The molecule has 0 nitrogen and oxygen atoms in total. The summed E-state index contributed by atoms with van der Waals surface area (Å²) in [5.41, 5.74) is 2.65. The van der Waals surface area contributed by atoms with E-state index in [1.54, 1.807) is 0 Å². The first kappa shape index (κ1) is 15.5. The van der Waals surface area contributed by atoms with E-state index in [0.29, 0.717) is 5.92 Å². The highest BCUT2D eigenvalue weighted by Crippen LogP contribution is 2.31. The van der Waals surface area contributed by atoms with E-state index in [4.69, 9.17) is 0 Å². The second-order valence-electron chi connectivity index (χ2n) is 5.53. The van der Waals surface area contributed by atoms with Crippen LogP contribution in [0.4, 0.5) is 0 Å².